The molecule has 0 fully saturated rings. The van der Waals surface area contributed by atoms with Gasteiger partial charge in [0.25, 0.3) is 0 Å². The first-order valence-corrected chi connectivity index (χ1v) is 12.9. The van der Waals surface area contributed by atoms with Crippen molar-refractivity contribution in [3.63, 3.8) is 0 Å². The third kappa shape index (κ3) is 6.25. The van der Waals surface area contributed by atoms with Crippen LogP contribution in [0.15, 0.2) is 21.3 Å². The molecule has 0 aliphatic rings. The van der Waals surface area contributed by atoms with Gasteiger partial charge in [0.2, 0.25) is 5.43 Å². The molecule has 0 aliphatic carbocycles. The zero-order valence-corrected chi connectivity index (χ0v) is 22.3. The van der Waals surface area contributed by atoms with Crippen molar-refractivity contribution >= 4 is 27.7 Å². The fourth-order valence-corrected chi connectivity index (χ4v) is 4.52. The number of aryl methyl sites for hydroxylation is 1. The molecule has 1 aromatic heterocycles. The van der Waals surface area contributed by atoms with Crippen molar-refractivity contribution in [1.29, 1.82) is 0 Å². The van der Waals surface area contributed by atoms with Crippen LogP contribution >= 0.6 is 0 Å². The molecule has 2 aromatic carbocycles. The SMILES string of the molecule is CC(=O)c1c(OCCO)cc2oc3cc(OCCO)c(CCC(C)C)c(O)c3c(=O)c2c1CCC(C)C. The average Bonchev–Trinajstić information content (AvgIpc) is 2.83. The molecular weight excluding hydrogens is 476 g/mol. The molecule has 0 bridgehead atoms. The molecule has 3 aromatic rings. The summed E-state index contributed by atoms with van der Waals surface area (Å²) >= 11 is 0. The fraction of sp³-hybridized carbons (Fsp3) is 0.517. The molecule has 0 saturated carbocycles. The summed E-state index contributed by atoms with van der Waals surface area (Å²) in [6.45, 7) is 9.22. The highest BCUT2D eigenvalue weighted by Crippen LogP contribution is 2.40. The minimum atomic E-state index is -0.428. The number of rotatable bonds is 13. The summed E-state index contributed by atoms with van der Waals surface area (Å²) in [5.74, 6) is 0.784. The number of carbonyl (C=O) groups is 1. The van der Waals surface area contributed by atoms with Crippen molar-refractivity contribution in [3.8, 4) is 17.2 Å². The number of Topliss-reactive ketones (excluding diaryl/α,β-unsaturated/α-hetero) is 1. The summed E-state index contributed by atoms with van der Waals surface area (Å²) < 4.78 is 17.6. The van der Waals surface area contributed by atoms with E-state index in [1.807, 2.05) is 0 Å². The van der Waals surface area contributed by atoms with Crippen molar-refractivity contribution in [2.24, 2.45) is 11.8 Å². The largest absolute Gasteiger partial charge is 0.507 e. The summed E-state index contributed by atoms with van der Waals surface area (Å²) in [5.41, 5.74) is 1.22. The summed E-state index contributed by atoms with van der Waals surface area (Å²) in [5, 5.41) is 30.2. The van der Waals surface area contributed by atoms with Crippen LogP contribution in [-0.2, 0) is 12.8 Å². The molecule has 8 nitrogen and oxygen atoms in total. The van der Waals surface area contributed by atoms with Crippen LogP contribution in [0.1, 0.15) is 68.9 Å². The smallest absolute Gasteiger partial charge is 0.204 e. The number of hydrogen-bond donors (Lipinski definition) is 3. The van der Waals surface area contributed by atoms with Gasteiger partial charge in [0, 0.05) is 17.7 Å². The Morgan fingerprint density at radius 1 is 0.865 bits per heavy atom. The normalized spacial score (nSPS) is 11.7. The average molecular weight is 515 g/mol. The number of hydrogen-bond acceptors (Lipinski definition) is 8. The van der Waals surface area contributed by atoms with Gasteiger partial charge in [0.15, 0.2) is 5.78 Å². The molecule has 0 atom stereocenters. The van der Waals surface area contributed by atoms with Crippen molar-refractivity contribution in [2.75, 3.05) is 26.4 Å². The quantitative estimate of drug-likeness (QED) is 0.220. The molecule has 0 aliphatic heterocycles. The Labute approximate surface area is 216 Å². The number of carbonyl (C=O) groups excluding carboxylic acids is 1. The molecule has 3 N–H and O–H groups in total. The molecule has 37 heavy (non-hydrogen) atoms. The number of fused-ring (bicyclic) bond motifs is 2. The lowest BCUT2D eigenvalue weighted by molar-refractivity contribution is 0.101. The predicted octanol–water partition coefficient (Wildman–Crippen LogP) is 4.77. The van der Waals surface area contributed by atoms with Gasteiger partial charge in [-0.15, -0.1) is 0 Å². The lowest BCUT2D eigenvalue weighted by Gasteiger charge is -2.18. The van der Waals surface area contributed by atoms with Crippen LogP contribution < -0.4 is 14.9 Å². The van der Waals surface area contributed by atoms with Crippen molar-refractivity contribution in [2.45, 2.75) is 60.3 Å². The van der Waals surface area contributed by atoms with Gasteiger partial charge in [-0.1, -0.05) is 27.7 Å². The number of benzene rings is 2. The molecule has 0 saturated heterocycles. The lowest BCUT2D eigenvalue weighted by Crippen LogP contribution is -2.14. The summed E-state index contributed by atoms with van der Waals surface area (Å²) in [6, 6.07) is 3.07. The van der Waals surface area contributed by atoms with Crippen LogP contribution in [0.4, 0.5) is 0 Å². The fourth-order valence-electron chi connectivity index (χ4n) is 4.52. The van der Waals surface area contributed by atoms with E-state index in [1.54, 1.807) is 6.07 Å². The molecule has 0 radical (unpaired) electrons. The van der Waals surface area contributed by atoms with Crippen LogP contribution in [0.25, 0.3) is 21.9 Å². The minimum Gasteiger partial charge on any atom is -0.507 e. The van der Waals surface area contributed by atoms with Gasteiger partial charge in [-0.05, 0) is 50.0 Å². The first kappa shape index (κ1) is 28.5. The second kappa shape index (κ2) is 12.4. The van der Waals surface area contributed by atoms with Gasteiger partial charge in [0.1, 0.15) is 47.0 Å². The maximum Gasteiger partial charge on any atom is 0.204 e. The molecule has 0 unspecified atom stereocenters. The molecule has 202 valence electrons. The maximum atomic E-state index is 14.0. The van der Waals surface area contributed by atoms with E-state index in [1.165, 1.54) is 13.0 Å². The third-order valence-corrected chi connectivity index (χ3v) is 6.35. The van der Waals surface area contributed by atoms with Crippen LogP contribution in [0.3, 0.4) is 0 Å². The van der Waals surface area contributed by atoms with E-state index >= 15 is 0 Å². The summed E-state index contributed by atoms with van der Waals surface area (Å²) in [4.78, 5) is 26.8. The Morgan fingerprint density at radius 3 is 1.92 bits per heavy atom. The van der Waals surface area contributed by atoms with Crippen LogP contribution in [-0.4, -0.2) is 47.5 Å². The zero-order chi connectivity index (χ0) is 27.3. The van der Waals surface area contributed by atoms with E-state index in [0.29, 0.717) is 41.6 Å². The Balaban J connectivity index is 2.42. The van der Waals surface area contributed by atoms with Crippen molar-refractivity contribution in [3.05, 3.63) is 39.0 Å². The molecule has 0 spiro atoms. The van der Waals surface area contributed by atoms with Gasteiger partial charge in [-0.2, -0.15) is 0 Å². The highest BCUT2D eigenvalue weighted by atomic mass is 16.5. The Kier molecular flexibility index (Phi) is 9.56. The Hall–Kier alpha value is -3.10. The standard InChI is InChI=1S/C29H38O8/c1-16(2)6-8-19-21(35-12-10-30)14-24-27(28(19)33)29(34)26-20(9-7-17(3)4)25(18(5)32)22(36-13-11-31)15-23(26)37-24/h14-17,30-31,33H,6-13H2,1-5H3. The minimum absolute atomic E-state index is 0.0215. The number of aromatic hydroxyl groups is 1. The monoisotopic (exact) mass is 514 g/mol. The van der Waals surface area contributed by atoms with Gasteiger partial charge >= 0.3 is 0 Å². The van der Waals surface area contributed by atoms with E-state index in [2.05, 4.69) is 27.7 Å². The van der Waals surface area contributed by atoms with Gasteiger partial charge in [-0.3, -0.25) is 9.59 Å². The molecule has 8 heteroatoms. The summed E-state index contributed by atoms with van der Waals surface area (Å²) in [7, 11) is 0. The second-order valence-electron chi connectivity index (χ2n) is 10.2. The highest BCUT2D eigenvalue weighted by molar-refractivity contribution is 6.05. The van der Waals surface area contributed by atoms with E-state index in [4.69, 9.17) is 13.9 Å². The first-order valence-electron chi connectivity index (χ1n) is 12.9. The van der Waals surface area contributed by atoms with Gasteiger partial charge in [-0.25, -0.2) is 0 Å². The second-order valence-corrected chi connectivity index (χ2v) is 10.2. The number of aliphatic hydroxyl groups excluding tert-OH is 2. The van der Waals surface area contributed by atoms with E-state index in [-0.39, 0.29) is 71.2 Å². The van der Waals surface area contributed by atoms with Crippen LogP contribution in [0.2, 0.25) is 0 Å². The van der Waals surface area contributed by atoms with Crippen LogP contribution in [0.5, 0.6) is 17.2 Å². The summed E-state index contributed by atoms with van der Waals surface area (Å²) in [6.07, 6.45) is 2.39. The predicted molar refractivity (Wildman–Crippen MR) is 143 cm³/mol. The first-order chi connectivity index (χ1) is 17.6. The number of ketones is 1. The lowest BCUT2D eigenvalue weighted by atomic mass is 9.91. The third-order valence-electron chi connectivity index (χ3n) is 6.35. The van der Waals surface area contributed by atoms with Gasteiger partial charge < -0.3 is 29.2 Å². The molecule has 3 rings (SSSR count). The molecular formula is C29H38O8. The maximum absolute atomic E-state index is 14.0. The molecule has 1 heterocycles. The zero-order valence-electron chi connectivity index (χ0n) is 22.3. The number of aliphatic hydroxyl groups is 2. The van der Waals surface area contributed by atoms with E-state index < -0.39 is 5.43 Å². The number of ether oxygens (including phenoxy) is 2. The van der Waals surface area contributed by atoms with Crippen molar-refractivity contribution < 1.29 is 34.0 Å². The van der Waals surface area contributed by atoms with Crippen molar-refractivity contribution in [1.82, 2.24) is 0 Å². The van der Waals surface area contributed by atoms with E-state index in [9.17, 15) is 24.9 Å². The number of phenolic OH excluding ortho intramolecular Hbond substituents is 1. The van der Waals surface area contributed by atoms with E-state index in [0.717, 1.165) is 12.8 Å². The Morgan fingerprint density at radius 2 is 1.38 bits per heavy atom. The molecule has 0 amide bonds. The van der Waals surface area contributed by atoms with Gasteiger partial charge in [0.05, 0.1) is 24.2 Å². The number of phenols is 1. The van der Waals surface area contributed by atoms with Crippen LogP contribution in [0, 0.1) is 11.8 Å². The topological polar surface area (TPSA) is 126 Å². The Bertz CT molecular complexity index is 1320. The highest BCUT2D eigenvalue weighted by Gasteiger charge is 2.25.